The van der Waals surface area contributed by atoms with E-state index in [9.17, 15) is 21.6 Å². The third-order valence-corrected chi connectivity index (χ3v) is 10.7. The molecule has 2 aromatic carbocycles. The van der Waals surface area contributed by atoms with Crippen LogP contribution in [0.1, 0.15) is 28.1 Å². The molecule has 2 heterocycles. The number of benzene rings is 2. The van der Waals surface area contributed by atoms with Gasteiger partial charge >= 0.3 is 0 Å². The molecule has 8 nitrogen and oxygen atoms in total. The van der Waals surface area contributed by atoms with E-state index < -0.39 is 19.9 Å². The van der Waals surface area contributed by atoms with Crippen LogP contribution in [0.25, 0.3) is 0 Å². The zero-order valence-electron chi connectivity index (χ0n) is 19.5. The van der Waals surface area contributed by atoms with E-state index in [4.69, 9.17) is 11.6 Å². The molecule has 1 aromatic heterocycles. The Morgan fingerprint density at radius 3 is 2.39 bits per heavy atom. The molecule has 0 aliphatic carbocycles. The fourth-order valence-corrected chi connectivity index (χ4v) is 7.59. The minimum atomic E-state index is -3.64. The summed E-state index contributed by atoms with van der Waals surface area (Å²) in [4.78, 5) is 13.3. The van der Waals surface area contributed by atoms with Crippen molar-refractivity contribution in [3.05, 3.63) is 76.1 Å². The summed E-state index contributed by atoms with van der Waals surface area (Å²) in [5.74, 6) is -0.263. The number of hydrogen-bond acceptors (Lipinski definition) is 7. The van der Waals surface area contributed by atoms with E-state index >= 15 is 0 Å². The predicted octanol–water partition coefficient (Wildman–Crippen LogP) is 4.00. The lowest BCUT2D eigenvalue weighted by Gasteiger charge is -2.31. The number of sulfone groups is 1. The van der Waals surface area contributed by atoms with E-state index in [1.807, 2.05) is 0 Å². The van der Waals surface area contributed by atoms with Gasteiger partial charge in [0.15, 0.2) is 9.84 Å². The molecule has 1 amide bonds. The number of anilines is 1. The second-order valence-electron chi connectivity index (χ2n) is 8.53. The molecule has 0 saturated carbocycles. The molecule has 0 radical (unpaired) electrons. The normalized spacial score (nSPS) is 15.5. The van der Waals surface area contributed by atoms with Gasteiger partial charge in [-0.2, -0.15) is 4.31 Å². The number of rotatable bonds is 8. The van der Waals surface area contributed by atoms with Crippen molar-refractivity contribution < 1.29 is 21.6 Å². The van der Waals surface area contributed by atoms with Gasteiger partial charge in [0.1, 0.15) is 4.21 Å². The minimum absolute atomic E-state index is 0.0354. The van der Waals surface area contributed by atoms with E-state index in [-0.39, 0.29) is 27.6 Å². The Morgan fingerprint density at radius 2 is 1.72 bits per heavy atom. The Bertz CT molecular complexity index is 1450. The lowest BCUT2D eigenvalue weighted by atomic mass is 10.1. The second-order valence-corrected chi connectivity index (χ2v) is 14.3. The number of nitrogens with one attached hydrogen (secondary N) is 2. The number of carbonyl (C=O) groups is 1. The summed E-state index contributed by atoms with van der Waals surface area (Å²) in [5, 5.41) is 6.66. The monoisotopic (exact) mass is 567 g/mol. The number of piperidine rings is 1. The largest absolute Gasteiger partial charge is 0.382 e. The van der Waals surface area contributed by atoms with Crippen LogP contribution in [0.3, 0.4) is 0 Å². The highest BCUT2D eigenvalue weighted by Crippen LogP contribution is 2.28. The lowest BCUT2D eigenvalue weighted by molar-refractivity contribution is 0.0951. The lowest BCUT2D eigenvalue weighted by Crippen LogP contribution is -2.42. The van der Waals surface area contributed by atoms with Gasteiger partial charge in [-0.05, 0) is 67.4 Å². The van der Waals surface area contributed by atoms with Gasteiger partial charge in [0.05, 0.1) is 11.4 Å². The number of hydrogen-bond donors (Lipinski definition) is 2. The average molecular weight is 568 g/mol. The van der Waals surface area contributed by atoms with E-state index in [1.54, 1.807) is 60.7 Å². The first kappa shape index (κ1) is 26.6. The van der Waals surface area contributed by atoms with E-state index in [1.165, 1.54) is 10.6 Å². The smallest absolute Gasteiger partial charge is 0.252 e. The van der Waals surface area contributed by atoms with Crippen LogP contribution in [0.4, 0.5) is 5.69 Å². The molecule has 192 valence electrons. The maximum absolute atomic E-state index is 13.2. The molecule has 0 unspecified atom stereocenters. The summed E-state index contributed by atoms with van der Waals surface area (Å²) in [6.45, 7) is 0.929. The third-order valence-electron chi connectivity index (χ3n) is 5.85. The second kappa shape index (κ2) is 10.9. The first-order valence-corrected chi connectivity index (χ1v) is 15.7. The van der Waals surface area contributed by atoms with Crippen molar-refractivity contribution in [1.29, 1.82) is 0 Å². The molecule has 4 rings (SSSR count). The molecule has 3 aromatic rings. The van der Waals surface area contributed by atoms with E-state index in [2.05, 4.69) is 10.6 Å². The summed E-state index contributed by atoms with van der Waals surface area (Å²) in [6.07, 6.45) is 2.36. The number of sulfonamides is 1. The van der Waals surface area contributed by atoms with E-state index in [0.29, 0.717) is 42.2 Å². The first-order valence-electron chi connectivity index (χ1n) is 11.2. The summed E-state index contributed by atoms with van der Waals surface area (Å²) >= 11 is 6.99. The quantitative estimate of drug-likeness (QED) is 0.425. The van der Waals surface area contributed by atoms with Gasteiger partial charge in [-0.1, -0.05) is 17.7 Å². The van der Waals surface area contributed by atoms with Crippen LogP contribution in [0, 0.1) is 0 Å². The van der Waals surface area contributed by atoms with Crippen molar-refractivity contribution in [1.82, 2.24) is 9.62 Å². The Kier molecular flexibility index (Phi) is 8.06. The number of thiophene rings is 1. The highest BCUT2D eigenvalue weighted by molar-refractivity contribution is 7.91. The van der Waals surface area contributed by atoms with Gasteiger partial charge in [-0.25, -0.2) is 16.8 Å². The fraction of sp³-hybridized carbons (Fsp3) is 0.292. The maximum Gasteiger partial charge on any atom is 0.252 e. The molecule has 1 fully saturated rings. The molecular weight excluding hydrogens is 542 g/mol. The van der Waals surface area contributed by atoms with Gasteiger partial charge in [-0.15, -0.1) is 11.3 Å². The standard InChI is InChI=1S/C24H26ClN3O5S3/c1-35(30,31)22-4-2-3-20(15-22)27-19-11-13-28(14-12-19)36(32,33)23-10-9-21(34-23)16-26-24(29)17-5-7-18(25)8-6-17/h2-10,15,19,27H,11-14,16H2,1H3,(H,26,29). The number of amides is 1. The molecule has 36 heavy (non-hydrogen) atoms. The fourth-order valence-electron chi connectivity index (χ4n) is 3.88. The Hall–Kier alpha value is -2.44. The van der Waals surface area contributed by atoms with Crippen molar-refractivity contribution >= 4 is 54.4 Å². The first-order chi connectivity index (χ1) is 17.0. The van der Waals surface area contributed by atoms with Crippen LogP contribution < -0.4 is 10.6 Å². The van der Waals surface area contributed by atoms with Crippen LogP contribution in [0.2, 0.25) is 5.02 Å². The van der Waals surface area contributed by atoms with Crippen molar-refractivity contribution in [3.8, 4) is 0 Å². The highest BCUT2D eigenvalue weighted by atomic mass is 35.5. The molecular formula is C24H26ClN3O5S3. The van der Waals surface area contributed by atoms with E-state index in [0.717, 1.165) is 16.2 Å². The average Bonchev–Trinajstić information content (AvgIpc) is 3.33. The van der Waals surface area contributed by atoms with Crippen molar-refractivity contribution in [2.24, 2.45) is 0 Å². The van der Waals surface area contributed by atoms with Crippen LogP contribution in [-0.4, -0.2) is 52.4 Å². The highest BCUT2D eigenvalue weighted by Gasteiger charge is 2.30. The molecule has 1 aliphatic rings. The molecule has 0 atom stereocenters. The van der Waals surface area contributed by atoms with Crippen LogP contribution in [-0.2, 0) is 26.4 Å². The van der Waals surface area contributed by atoms with Gasteiger partial charge in [0.2, 0.25) is 0 Å². The van der Waals surface area contributed by atoms with Crippen LogP contribution in [0.15, 0.2) is 69.8 Å². The summed E-state index contributed by atoms with van der Waals surface area (Å²) in [7, 11) is -6.94. The SMILES string of the molecule is CS(=O)(=O)c1cccc(NC2CCN(S(=O)(=O)c3ccc(CNC(=O)c4ccc(Cl)cc4)s3)CC2)c1. The van der Waals surface area contributed by atoms with Crippen molar-refractivity contribution in [3.63, 3.8) is 0 Å². The number of nitrogens with zero attached hydrogens (tertiary/aromatic N) is 1. The van der Waals surface area contributed by atoms with Gasteiger partial charge in [0.25, 0.3) is 15.9 Å². The van der Waals surface area contributed by atoms with Crippen LogP contribution >= 0.6 is 22.9 Å². The predicted molar refractivity (Wildman–Crippen MR) is 142 cm³/mol. The molecule has 0 bridgehead atoms. The third kappa shape index (κ3) is 6.46. The summed E-state index contributed by atoms with van der Waals surface area (Å²) < 4.78 is 51.6. The Balaban J connectivity index is 1.32. The summed E-state index contributed by atoms with van der Waals surface area (Å²) in [6, 6.07) is 16.5. The van der Waals surface area contributed by atoms with Gasteiger partial charge in [0, 0.05) is 46.5 Å². The van der Waals surface area contributed by atoms with Gasteiger partial charge < -0.3 is 10.6 Å². The molecule has 0 spiro atoms. The minimum Gasteiger partial charge on any atom is -0.382 e. The maximum atomic E-state index is 13.2. The number of halogens is 1. The molecule has 1 saturated heterocycles. The Labute approximate surface area is 220 Å². The zero-order valence-corrected chi connectivity index (χ0v) is 22.7. The topological polar surface area (TPSA) is 113 Å². The summed E-state index contributed by atoms with van der Waals surface area (Å²) in [5.41, 5.74) is 1.17. The molecule has 12 heteroatoms. The van der Waals surface area contributed by atoms with Crippen LogP contribution in [0.5, 0.6) is 0 Å². The van der Waals surface area contributed by atoms with Crippen molar-refractivity contribution in [2.75, 3.05) is 24.7 Å². The number of carbonyl (C=O) groups excluding carboxylic acids is 1. The molecule has 2 N–H and O–H groups in total. The zero-order chi connectivity index (χ0) is 25.9. The Morgan fingerprint density at radius 1 is 1.03 bits per heavy atom. The molecule has 1 aliphatic heterocycles. The van der Waals surface area contributed by atoms with Gasteiger partial charge in [-0.3, -0.25) is 4.79 Å². The van der Waals surface area contributed by atoms with Crippen molar-refractivity contribution in [2.45, 2.75) is 34.5 Å².